The van der Waals surface area contributed by atoms with Gasteiger partial charge in [0.15, 0.2) is 12.2 Å². The van der Waals surface area contributed by atoms with E-state index in [0.29, 0.717) is 62.7 Å². The number of rotatable bonds is 24. The predicted molar refractivity (Wildman–Crippen MR) is 262 cm³/mol. The molecule has 2 fully saturated rings. The summed E-state index contributed by atoms with van der Waals surface area (Å²) in [5, 5.41) is 10.2. The number of ether oxygens (including phenoxy) is 2. The first-order chi connectivity index (χ1) is 30.7. The summed E-state index contributed by atoms with van der Waals surface area (Å²) in [6, 6.07) is 6.52. The second kappa shape index (κ2) is 26.5. The van der Waals surface area contributed by atoms with E-state index >= 15 is 0 Å². The second-order valence-electron chi connectivity index (χ2n) is 21.9. The molecule has 2 amide bonds. The summed E-state index contributed by atoms with van der Waals surface area (Å²) in [4.78, 5) is 67.4. The van der Waals surface area contributed by atoms with Gasteiger partial charge in [-0.05, 0) is 105 Å². The van der Waals surface area contributed by atoms with E-state index in [9.17, 15) is 19.2 Å². The zero-order chi connectivity index (χ0) is 50.1. The zero-order valence-corrected chi connectivity index (χ0v) is 48.7. The van der Waals surface area contributed by atoms with Crippen molar-refractivity contribution in [2.45, 2.75) is 195 Å². The fourth-order valence-corrected chi connectivity index (χ4v) is 9.69. The first kappa shape index (κ1) is 63.8. The van der Waals surface area contributed by atoms with Crippen LogP contribution in [0.5, 0.6) is 0 Å². The number of piperidine rings is 2. The molecule has 2 aliphatic rings. The first-order valence-electron chi connectivity index (χ1n) is 25.3. The van der Waals surface area contributed by atoms with Crippen LogP contribution in [0, 0.1) is 11.8 Å². The molecule has 2 N–H and O–H groups in total. The Bertz CT molecular complexity index is 1650. The highest BCUT2D eigenvalue weighted by molar-refractivity contribution is 5.93. The molecule has 2 heterocycles. The van der Waals surface area contributed by atoms with Gasteiger partial charge in [-0.2, -0.15) is 10.1 Å². The molecule has 14 nitrogen and oxygen atoms in total. The second-order valence-corrected chi connectivity index (χ2v) is 21.9. The minimum absolute atomic E-state index is 0. The number of carbonyl (C=O) groups excluding carboxylic acids is 4. The standard InChI is InChI=1S/C52H92N6O8.2BrH/c1-19-49(11)35-43(37(7)51(13,21-3)55(49)65-39(9)45(59)53-31-25-33-57(15,16)23-5)63-47(61)41-27-29-42(30-28-41)48(62)64-44-36-50(12,20-2)56(52(14,22-4)38(44)8)66-40(10)46(60)54-32-26-34-58(17,18)24-6;;/h27-30,37-40,43-44H,19-26,31-36H2,1-18H3;2*1H. The molecule has 394 valence electrons. The maximum atomic E-state index is 13.8. The van der Waals surface area contributed by atoms with Gasteiger partial charge in [0.2, 0.25) is 0 Å². The Kier molecular flexibility index (Phi) is 24.9. The van der Waals surface area contributed by atoms with Crippen LogP contribution < -0.4 is 44.6 Å². The normalized spacial score (nSPS) is 28.9. The van der Waals surface area contributed by atoms with Crippen molar-refractivity contribution in [2.75, 3.05) is 67.5 Å². The number of nitrogens with zero attached hydrogens (tertiary/aromatic N) is 4. The van der Waals surface area contributed by atoms with Crippen LogP contribution >= 0.6 is 0 Å². The molecule has 10 unspecified atom stereocenters. The molecular weight excluding hydrogens is 996 g/mol. The molecule has 2 aliphatic heterocycles. The lowest BCUT2D eigenvalue weighted by atomic mass is 9.69. The van der Waals surface area contributed by atoms with E-state index in [2.05, 4.69) is 122 Å². The summed E-state index contributed by atoms with van der Waals surface area (Å²) in [6.45, 7) is 34.2. The number of halogens is 2. The van der Waals surface area contributed by atoms with E-state index in [0.717, 1.165) is 48.0 Å². The third kappa shape index (κ3) is 15.4. The van der Waals surface area contributed by atoms with Gasteiger partial charge in [0, 0.05) is 72.8 Å². The van der Waals surface area contributed by atoms with E-state index in [1.165, 1.54) is 0 Å². The zero-order valence-electron chi connectivity index (χ0n) is 45.5. The van der Waals surface area contributed by atoms with Gasteiger partial charge in [-0.1, -0.05) is 41.5 Å². The van der Waals surface area contributed by atoms with Gasteiger partial charge >= 0.3 is 11.9 Å². The molecule has 0 aliphatic carbocycles. The number of hydroxylamine groups is 4. The van der Waals surface area contributed by atoms with Crippen molar-refractivity contribution in [3.05, 3.63) is 35.4 Å². The number of amides is 2. The molecule has 1 aromatic rings. The minimum atomic E-state index is -0.699. The number of esters is 2. The van der Waals surface area contributed by atoms with Crippen LogP contribution in [-0.4, -0.2) is 157 Å². The highest BCUT2D eigenvalue weighted by Gasteiger charge is 2.57. The van der Waals surface area contributed by atoms with Crippen molar-refractivity contribution in [2.24, 2.45) is 11.8 Å². The summed E-state index contributed by atoms with van der Waals surface area (Å²) in [5.41, 5.74) is -1.44. The monoisotopic (exact) mass is 1090 g/mol. The van der Waals surface area contributed by atoms with Crippen LogP contribution in [0.15, 0.2) is 24.3 Å². The van der Waals surface area contributed by atoms with E-state index in [1.54, 1.807) is 38.1 Å². The van der Waals surface area contributed by atoms with E-state index < -0.39 is 58.5 Å². The Balaban J connectivity index is 0.0000116. The number of hydrogen-bond acceptors (Lipinski definition) is 10. The Hall–Kier alpha value is -2.18. The Morgan fingerprint density at radius 2 is 0.912 bits per heavy atom. The largest absolute Gasteiger partial charge is 1.00 e. The van der Waals surface area contributed by atoms with Gasteiger partial charge in [-0.25, -0.2) is 9.59 Å². The average molecular weight is 1090 g/mol. The van der Waals surface area contributed by atoms with E-state index in [4.69, 9.17) is 19.1 Å². The lowest BCUT2D eigenvalue weighted by molar-refractivity contribution is -0.888. The molecule has 0 saturated carbocycles. The van der Waals surface area contributed by atoms with Crippen molar-refractivity contribution >= 4 is 23.8 Å². The molecule has 0 aromatic heterocycles. The van der Waals surface area contributed by atoms with Gasteiger partial charge in [0.05, 0.1) is 65.5 Å². The van der Waals surface area contributed by atoms with Crippen LogP contribution in [0.25, 0.3) is 0 Å². The molecule has 16 heteroatoms. The number of benzene rings is 1. The minimum Gasteiger partial charge on any atom is -1.00 e. The molecular formula is C52H94Br2N6O8. The molecule has 2 saturated heterocycles. The molecule has 0 radical (unpaired) electrons. The third-order valence-electron chi connectivity index (χ3n) is 16.6. The smallest absolute Gasteiger partial charge is 0.338 e. The number of hydrogen-bond donors (Lipinski definition) is 2. The molecule has 0 bridgehead atoms. The summed E-state index contributed by atoms with van der Waals surface area (Å²) in [7, 11) is 8.76. The summed E-state index contributed by atoms with van der Waals surface area (Å²) < 4.78 is 14.5. The van der Waals surface area contributed by atoms with Crippen LogP contribution in [-0.2, 0) is 28.7 Å². The maximum Gasteiger partial charge on any atom is 0.338 e. The average Bonchev–Trinajstić information content (AvgIpc) is 3.29. The summed E-state index contributed by atoms with van der Waals surface area (Å²) in [5.74, 6) is -1.46. The van der Waals surface area contributed by atoms with Gasteiger partial charge in [0.25, 0.3) is 11.8 Å². The van der Waals surface area contributed by atoms with Crippen LogP contribution in [0.1, 0.15) is 169 Å². The Labute approximate surface area is 433 Å². The van der Waals surface area contributed by atoms with E-state index in [1.807, 2.05) is 10.1 Å². The van der Waals surface area contributed by atoms with Crippen molar-refractivity contribution in [3.8, 4) is 0 Å². The summed E-state index contributed by atoms with van der Waals surface area (Å²) >= 11 is 0. The molecule has 0 spiro atoms. The highest BCUT2D eigenvalue weighted by Crippen LogP contribution is 2.49. The highest BCUT2D eigenvalue weighted by atomic mass is 79.9. The Morgan fingerprint density at radius 3 is 1.18 bits per heavy atom. The van der Waals surface area contributed by atoms with Crippen molar-refractivity contribution < 1.29 is 81.3 Å². The lowest BCUT2D eigenvalue weighted by Gasteiger charge is -2.59. The van der Waals surface area contributed by atoms with Gasteiger partial charge in [-0.3, -0.25) is 19.3 Å². The fourth-order valence-electron chi connectivity index (χ4n) is 9.69. The molecule has 10 atom stereocenters. The molecule has 3 rings (SSSR count). The third-order valence-corrected chi connectivity index (χ3v) is 16.6. The van der Waals surface area contributed by atoms with Crippen molar-refractivity contribution in [1.29, 1.82) is 0 Å². The molecule has 68 heavy (non-hydrogen) atoms. The Morgan fingerprint density at radius 1 is 0.603 bits per heavy atom. The SMILES string of the molecule is CCC1(C)CC(OC(=O)c2ccc(C(=O)OC3CC(C)(CC)N(OC(C)C(=O)NCCC[N+](C)(C)CC)C(C)(CC)C3C)cc2)C(C)C(C)(CC)N1OC(C)C(=O)NCCC[N+](C)(C)CC.[Br-].[Br-]. The number of quaternary nitrogens is 2. The maximum absolute atomic E-state index is 13.8. The van der Waals surface area contributed by atoms with Crippen molar-refractivity contribution in [1.82, 2.24) is 20.8 Å². The number of carbonyl (C=O) groups is 4. The fraction of sp³-hybridized carbons (Fsp3) is 0.808. The first-order valence-corrected chi connectivity index (χ1v) is 25.3. The van der Waals surface area contributed by atoms with E-state index in [-0.39, 0.29) is 57.6 Å². The predicted octanol–water partition coefficient (Wildman–Crippen LogP) is 1.95. The summed E-state index contributed by atoms with van der Waals surface area (Å²) in [6.07, 6.45) is 3.42. The molecule has 1 aromatic carbocycles. The topological polar surface area (TPSA) is 136 Å². The van der Waals surface area contributed by atoms with Gasteiger partial charge < -0.3 is 63.0 Å². The van der Waals surface area contributed by atoms with Gasteiger partial charge in [0.1, 0.15) is 12.2 Å². The van der Waals surface area contributed by atoms with Crippen LogP contribution in [0.4, 0.5) is 0 Å². The lowest BCUT2D eigenvalue weighted by Crippen LogP contribution is -3.00. The quantitative estimate of drug-likeness (QED) is 0.0900. The number of nitrogens with one attached hydrogen (secondary N) is 2. The van der Waals surface area contributed by atoms with Crippen LogP contribution in [0.3, 0.4) is 0 Å². The van der Waals surface area contributed by atoms with Crippen molar-refractivity contribution in [3.63, 3.8) is 0 Å². The van der Waals surface area contributed by atoms with Crippen LogP contribution in [0.2, 0.25) is 0 Å². The van der Waals surface area contributed by atoms with Gasteiger partial charge in [-0.15, -0.1) is 0 Å².